The number of hydrogen-bond acceptors (Lipinski definition) is 8. The number of carbonyl (C=O) groups excluding carboxylic acids is 5. The van der Waals surface area contributed by atoms with Gasteiger partial charge in [-0.25, -0.2) is 9.18 Å². The van der Waals surface area contributed by atoms with E-state index in [9.17, 15) is 28.4 Å². The SMILES string of the molecule is COC(=O)C(C(=O)OC)[C@@H](C)[C@@H](NC(=O)[C@@H](Cc1cccc(F)c1)NC(C)=O)C(=O)OC. The number of rotatable bonds is 10. The van der Waals surface area contributed by atoms with Crippen LogP contribution in [0.15, 0.2) is 24.3 Å². The largest absolute Gasteiger partial charge is 0.468 e. The summed E-state index contributed by atoms with van der Waals surface area (Å²) in [7, 11) is 3.18. The van der Waals surface area contributed by atoms with E-state index in [0.717, 1.165) is 21.3 Å². The van der Waals surface area contributed by atoms with Crippen LogP contribution in [0.1, 0.15) is 19.4 Å². The third kappa shape index (κ3) is 7.33. The summed E-state index contributed by atoms with van der Waals surface area (Å²) >= 11 is 0. The van der Waals surface area contributed by atoms with Crippen LogP contribution in [0.3, 0.4) is 0 Å². The molecular formula is C21H27FN2O8. The molecule has 10 nitrogen and oxygen atoms in total. The Morgan fingerprint density at radius 1 is 0.938 bits per heavy atom. The van der Waals surface area contributed by atoms with Crippen molar-refractivity contribution in [3.8, 4) is 0 Å². The second-order valence-electron chi connectivity index (χ2n) is 6.98. The maximum Gasteiger partial charge on any atom is 0.328 e. The van der Waals surface area contributed by atoms with Gasteiger partial charge in [-0.2, -0.15) is 0 Å². The zero-order valence-corrected chi connectivity index (χ0v) is 18.5. The number of esters is 3. The molecule has 0 unspecified atom stereocenters. The molecule has 2 N–H and O–H groups in total. The fourth-order valence-corrected chi connectivity index (χ4v) is 3.11. The molecule has 0 aliphatic rings. The maximum atomic E-state index is 13.5. The van der Waals surface area contributed by atoms with Crippen LogP contribution in [-0.4, -0.2) is 63.1 Å². The molecule has 0 radical (unpaired) electrons. The zero-order valence-electron chi connectivity index (χ0n) is 18.5. The highest BCUT2D eigenvalue weighted by Crippen LogP contribution is 2.21. The molecule has 2 amide bonds. The maximum absolute atomic E-state index is 13.5. The van der Waals surface area contributed by atoms with Crippen molar-refractivity contribution >= 4 is 29.7 Å². The summed E-state index contributed by atoms with van der Waals surface area (Å²) in [6, 6.07) is 2.81. The predicted octanol–water partition coefficient (Wildman–Crippen LogP) is 0.129. The molecule has 0 aromatic heterocycles. The lowest BCUT2D eigenvalue weighted by Crippen LogP contribution is -2.56. The van der Waals surface area contributed by atoms with Crippen LogP contribution >= 0.6 is 0 Å². The molecule has 1 aromatic carbocycles. The minimum absolute atomic E-state index is 0.0805. The van der Waals surface area contributed by atoms with Crippen molar-refractivity contribution in [1.82, 2.24) is 10.6 Å². The summed E-state index contributed by atoms with van der Waals surface area (Å²) in [4.78, 5) is 61.2. The quantitative estimate of drug-likeness (QED) is 0.289. The molecule has 0 saturated heterocycles. The van der Waals surface area contributed by atoms with Crippen molar-refractivity contribution in [2.24, 2.45) is 11.8 Å². The Morgan fingerprint density at radius 2 is 1.50 bits per heavy atom. The van der Waals surface area contributed by atoms with Gasteiger partial charge in [-0.1, -0.05) is 19.1 Å². The molecule has 0 heterocycles. The summed E-state index contributed by atoms with van der Waals surface area (Å²) in [6.07, 6.45) is -0.0805. The molecule has 0 saturated carbocycles. The van der Waals surface area contributed by atoms with E-state index in [1.807, 2.05) is 0 Å². The van der Waals surface area contributed by atoms with E-state index < -0.39 is 59.5 Å². The Bertz CT molecular complexity index is 844. The number of amides is 2. The van der Waals surface area contributed by atoms with Crippen LogP contribution < -0.4 is 10.6 Å². The summed E-state index contributed by atoms with van der Waals surface area (Å²) in [6.45, 7) is 2.55. The topological polar surface area (TPSA) is 137 Å². The monoisotopic (exact) mass is 454 g/mol. The first-order valence-electron chi connectivity index (χ1n) is 9.61. The van der Waals surface area contributed by atoms with Gasteiger partial charge in [0.2, 0.25) is 11.8 Å². The van der Waals surface area contributed by atoms with Gasteiger partial charge in [0.15, 0.2) is 5.92 Å². The normalized spacial score (nSPS) is 13.3. The van der Waals surface area contributed by atoms with Crippen LogP contribution in [0.25, 0.3) is 0 Å². The highest BCUT2D eigenvalue weighted by Gasteiger charge is 2.43. The van der Waals surface area contributed by atoms with Crippen LogP contribution in [0.2, 0.25) is 0 Å². The molecule has 1 aromatic rings. The van der Waals surface area contributed by atoms with Crippen molar-refractivity contribution in [1.29, 1.82) is 0 Å². The van der Waals surface area contributed by atoms with Gasteiger partial charge >= 0.3 is 17.9 Å². The smallest absolute Gasteiger partial charge is 0.328 e. The first kappa shape index (κ1) is 26.5. The zero-order chi connectivity index (χ0) is 24.4. The van der Waals surface area contributed by atoms with Crippen LogP contribution in [-0.2, 0) is 44.6 Å². The van der Waals surface area contributed by atoms with E-state index >= 15 is 0 Å². The Balaban J connectivity index is 3.21. The van der Waals surface area contributed by atoms with E-state index in [2.05, 4.69) is 20.1 Å². The highest BCUT2D eigenvalue weighted by molar-refractivity contribution is 5.97. The van der Waals surface area contributed by atoms with Crippen molar-refractivity contribution in [2.75, 3.05) is 21.3 Å². The Hall–Kier alpha value is -3.50. The lowest BCUT2D eigenvalue weighted by Gasteiger charge is -2.28. The summed E-state index contributed by atoms with van der Waals surface area (Å²) in [5.41, 5.74) is 0.420. The van der Waals surface area contributed by atoms with Crippen LogP contribution in [0.4, 0.5) is 4.39 Å². The summed E-state index contributed by atoms with van der Waals surface area (Å²) in [5.74, 6) is -7.39. The third-order valence-corrected chi connectivity index (χ3v) is 4.74. The van der Waals surface area contributed by atoms with Crippen molar-refractivity contribution in [2.45, 2.75) is 32.4 Å². The van der Waals surface area contributed by atoms with Gasteiger partial charge in [-0.05, 0) is 17.7 Å². The molecule has 0 bridgehead atoms. The van der Waals surface area contributed by atoms with E-state index in [4.69, 9.17) is 4.74 Å². The first-order valence-corrected chi connectivity index (χ1v) is 9.61. The van der Waals surface area contributed by atoms with E-state index in [-0.39, 0.29) is 6.42 Å². The van der Waals surface area contributed by atoms with E-state index in [1.54, 1.807) is 6.07 Å². The first-order chi connectivity index (χ1) is 15.0. The van der Waals surface area contributed by atoms with E-state index in [1.165, 1.54) is 32.0 Å². The van der Waals surface area contributed by atoms with Gasteiger partial charge in [-0.3, -0.25) is 19.2 Å². The van der Waals surface area contributed by atoms with E-state index in [0.29, 0.717) is 5.56 Å². The van der Waals surface area contributed by atoms with Crippen LogP contribution in [0, 0.1) is 17.7 Å². The Morgan fingerprint density at radius 3 is 1.97 bits per heavy atom. The van der Waals surface area contributed by atoms with Crippen molar-refractivity contribution in [3.63, 3.8) is 0 Å². The second-order valence-corrected chi connectivity index (χ2v) is 6.98. The number of halogens is 1. The molecule has 3 atom stereocenters. The van der Waals surface area contributed by atoms with Gasteiger partial charge < -0.3 is 24.8 Å². The minimum Gasteiger partial charge on any atom is -0.468 e. The van der Waals surface area contributed by atoms with Gasteiger partial charge in [0.1, 0.15) is 17.9 Å². The van der Waals surface area contributed by atoms with Crippen molar-refractivity contribution < 1.29 is 42.6 Å². The number of hydrogen-bond donors (Lipinski definition) is 2. The molecule has 1 rings (SSSR count). The Labute approximate surface area is 184 Å². The number of benzene rings is 1. The molecule has 32 heavy (non-hydrogen) atoms. The minimum atomic E-state index is -1.53. The average molecular weight is 454 g/mol. The second kappa shape index (κ2) is 12.4. The lowest BCUT2D eigenvalue weighted by atomic mass is 9.87. The van der Waals surface area contributed by atoms with Crippen LogP contribution in [0.5, 0.6) is 0 Å². The molecule has 11 heteroatoms. The number of carbonyl (C=O) groups is 5. The van der Waals surface area contributed by atoms with Gasteiger partial charge in [0, 0.05) is 19.3 Å². The third-order valence-electron chi connectivity index (χ3n) is 4.74. The number of methoxy groups -OCH3 is 3. The molecule has 0 aliphatic heterocycles. The standard InChI is InChI=1S/C21H27FN2O8/c1-11(16(19(27)30-3)20(28)31-4)17(21(29)32-5)24-18(26)15(23-12(2)25)10-13-7-6-8-14(22)9-13/h6-9,11,15-17H,10H2,1-5H3,(H,23,25)(H,24,26)/t11-,15-,17-/m1/s1. The molecular weight excluding hydrogens is 427 g/mol. The number of ether oxygens (including phenoxy) is 3. The van der Waals surface area contributed by atoms with Gasteiger partial charge in [0.25, 0.3) is 0 Å². The summed E-state index contributed by atoms with van der Waals surface area (Å²) in [5, 5.41) is 4.85. The average Bonchev–Trinajstić information content (AvgIpc) is 2.75. The Kier molecular flexibility index (Phi) is 10.3. The lowest BCUT2D eigenvalue weighted by molar-refractivity contribution is -0.163. The van der Waals surface area contributed by atoms with Crippen molar-refractivity contribution in [3.05, 3.63) is 35.6 Å². The molecule has 0 aliphatic carbocycles. The predicted molar refractivity (Wildman–Crippen MR) is 108 cm³/mol. The molecule has 176 valence electrons. The molecule has 0 spiro atoms. The van der Waals surface area contributed by atoms with Gasteiger partial charge in [0.05, 0.1) is 21.3 Å². The van der Waals surface area contributed by atoms with Gasteiger partial charge in [-0.15, -0.1) is 0 Å². The molecule has 0 fully saturated rings. The highest BCUT2D eigenvalue weighted by atomic mass is 19.1. The number of nitrogens with one attached hydrogen (secondary N) is 2. The fourth-order valence-electron chi connectivity index (χ4n) is 3.11. The summed E-state index contributed by atoms with van der Waals surface area (Å²) < 4.78 is 27.5. The fraction of sp³-hybridized carbons (Fsp3) is 0.476.